The minimum absolute atomic E-state index is 0.00514. The molecule has 0 aromatic carbocycles. The average molecular weight is 201 g/mol. The first kappa shape index (κ1) is 10.7. The van der Waals surface area contributed by atoms with Crippen LogP contribution in [0.25, 0.3) is 0 Å². The van der Waals surface area contributed by atoms with Crippen molar-refractivity contribution in [2.24, 2.45) is 5.92 Å². The summed E-state index contributed by atoms with van der Waals surface area (Å²) in [5, 5.41) is 0. The second-order valence-electron chi connectivity index (χ2n) is 3.37. The van der Waals surface area contributed by atoms with E-state index in [2.05, 4.69) is 4.52 Å². The van der Waals surface area contributed by atoms with E-state index in [1.165, 1.54) is 12.7 Å². The molecule has 0 radical (unpaired) electrons. The summed E-state index contributed by atoms with van der Waals surface area (Å²) >= 11 is 0. The molecule has 0 spiro atoms. The van der Waals surface area contributed by atoms with Gasteiger partial charge in [0.2, 0.25) is 0 Å². The summed E-state index contributed by atoms with van der Waals surface area (Å²) in [6.07, 6.45) is 3.87. The van der Waals surface area contributed by atoms with Gasteiger partial charge in [-0.05, 0) is 18.4 Å². The first-order valence-corrected chi connectivity index (χ1v) is 5.92. The number of hydrogen-bond acceptors (Lipinski definition) is 3. The van der Waals surface area contributed by atoms with Gasteiger partial charge in [0.05, 0.1) is 0 Å². The Morgan fingerprint density at radius 2 is 2.31 bits per heavy atom. The summed E-state index contributed by atoms with van der Waals surface area (Å²) in [6.45, 7) is 4.04. The highest BCUT2D eigenvalue weighted by molar-refractivity contribution is 7.51. The second kappa shape index (κ2) is 3.79. The summed E-state index contributed by atoms with van der Waals surface area (Å²) in [5.74, 6) is 0.354. The van der Waals surface area contributed by atoms with Crippen molar-refractivity contribution in [2.75, 3.05) is 13.3 Å². The quantitative estimate of drug-likeness (QED) is 0.653. The van der Waals surface area contributed by atoms with Crippen molar-refractivity contribution in [2.45, 2.75) is 13.8 Å². The molecule has 0 N–H and O–H groups in total. The highest BCUT2D eigenvalue weighted by Gasteiger charge is 2.15. The van der Waals surface area contributed by atoms with Gasteiger partial charge in [-0.2, -0.15) is 0 Å². The smallest absolute Gasteiger partial charge is 0.139 e. The third-order valence-corrected chi connectivity index (χ3v) is 3.56. The summed E-state index contributed by atoms with van der Waals surface area (Å²) in [6, 6.07) is 0. The Balaban J connectivity index is 2.68. The molecule has 3 nitrogen and oxygen atoms in total. The number of allylic oxidation sites excluding steroid dienone is 4. The van der Waals surface area contributed by atoms with Gasteiger partial charge in [-0.3, -0.25) is 0 Å². The zero-order valence-corrected chi connectivity index (χ0v) is 9.01. The highest BCUT2D eigenvalue weighted by Crippen LogP contribution is 2.40. The van der Waals surface area contributed by atoms with Gasteiger partial charge < -0.3 is 14.0 Å². The Morgan fingerprint density at radius 3 is 2.69 bits per heavy atom. The van der Waals surface area contributed by atoms with Crippen LogP contribution < -0.4 is 4.89 Å². The van der Waals surface area contributed by atoms with Gasteiger partial charge in [0, 0.05) is 13.3 Å². The zero-order valence-electron chi connectivity index (χ0n) is 8.11. The van der Waals surface area contributed by atoms with Crippen molar-refractivity contribution in [1.29, 1.82) is 0 Å². The van der Waals surface area contributed by atoms with Crippen LogP contribution in [0.3, 0.4) is 0 Å². The zero-order chi connectivity index (χ0) is 10.1. The fraction of sp³-hybridized carbons (Fsp3) is 0.556. The lowest BCUT2D eigenvalue weighted by Crippen LogP contribution is -2.07. The predicted octanol–water partition coefficient (Wildman–Crippen LogP) is 1.71. The van der Waals surface area contributed by atoms with Crippen LogP contribution in [0.1, 0.15) is 13.8 Å². The molecule has 0 aliphatic heterocycles. The van der Waals surface area contributed by atoms with Crippen LogP contribution in [-0.4, -0.2) is 13.3 Å². The maximum absolute atomic E-state index is 11.1. The minimum Gasteiger partial charge on any atom is -0.778 e. The minimum atomic E-state index is -3.64. The van der Waals surface area contributed by atoms with E-state index in [9.17, 15) is 9.46 Å². The van der Waals surface area contributed by atoms with E-state index < -0.39 is 7.60 Å². The van der Waals surface area contributed by atoms with Gasteiger partial charge in [0.25, 0.3) is 0 Å². The molecule has 0 bridgehead atoms. The van der Waals surface area contributed by atoms with E-state index in [-0.39, 0.29) is 6.16 Å². The molecule has 2 atom stereocenters. The highest BCUT2D eigenvalue weighted by atomic mass is 31.2. The summed E-state index contributed by atoms with van der Waals surface area (Å²) < 4.78 is 15.5. The summed E-state index contributed by atoms with van der Waals surface area (Å²) in [5.41, 5.74) is 2.04. The van der Waals surface area contributed by atoms with Crippen LogP contribution in [0.5, 0.6) is 0 Å². The molecule has 0 saturated carbocycles. The maximum Gasteiger partial charge on any atom is 0.139 e. The van der Waals surface area contributed by atoms with Gasteiger partial charge >= 0.3 is 0 Å². The molecular formula is C9H14O3P-. The van der Waals surface area contributed by atoms with E-state index in [0.29, 0.717) is 5.92 Å². The van der Waals surface area contributed by atoms with Crippen LogP contribution in [-0.2, 0) is 9.09 Å². The van der Waals surface area contributed by atoms with Crippen LogP contribution >= 0.6 is 7.60 Å². The number of hydrogen-bond donors (Lipinski definition) is 0. The van der Waals surface area contributed by atoms with E-state index in [4.69, 9.17) is 0 Å². The molecule has 0 aromatic heterocycles. The van der Waals surface area contributed by atoms with Crippen LogP contribution in [0.2, 0.25) is 0 Å². The lowest BCUT2D eigenvalue weighted by Gasteiger charge is -2.20. The lowest BCUT2D eigenvalue weighted by molar-refractivity contribution is -0.195. The molecule has 1 unspecified atom stereocenters. The maximum atomic E-state index is 11.1. The van der Waals surface area contributed by atoms with Gasteiger partial charge in [-0.25, -0.2) is 0 Å². The molecule has 74 valence electrons. The molecule has 1 aliphatic carbocycles. The molecule has 1 aliphatic rings. The first-order chi connectivity index (χ1) is 5.94. The van der Waals surface area contributed by atoms with Crippen LogP contribution in [0.15, 0.2) is 23.3 Å². The van der Waals surface area contributed by atoms with E-state index in [1.807, 2.05) is 26.0 Å². The van der Waals surface area contributed by atoms with Crippen LogP contribution in [0.4, 0.5) is 0 Å². The predicted molar refractivity (Wildman–Crippen MR) is 50.5 cm³/mol. The Kier molecular flexibility index (Phi) is 3.12. The van der Waals surface area contributed by atoms with Gasteiger partial charge in [0.15, 0.2) is 0 Å². The van der Waals surface area contributed by atoms with Crippen LogP contribution in [0, 0.1) is 5.92 Å². The van der Waals surface area contributed by atoms with Crippen molar-refractivity contribution in [1.82, 2.24) is 0 Å². The normalized spacial score (nSPS) is 26.6. The van der Waals surface area contributed by atoms with E-state index >= 15 is 0 Å². The van der Waals surface area contributed by atoms with E-state index in [1.54, 1.807) is 0 Å². The Labute approximate surface area is 78.6 Å². The Bertz CT molecular complexity index is 304. The standard InChI is InChI=1S/C9H15O3P/c1-7-4-9(5-8(7)2)6-13(10,11)12-3/h4-5,7H,6H2,1-3H3,(H,10,11)/p-1/t7-/m1/s1. The molecule has 0 fully saturated rings. The molecule has 0 amide bonds. The second-order valence-corrected chi connectivity index (χ2v) is 5.27. The van der Waals surface area contributed by atoms with Crippen molar-refractivity contribution in [3.05, 3.63) is 23.3 Å². The fourth-order valence-corrected chi connectivity index (χ4v) is 2.08. The van der Waals surface area contributed by atoms with Crippen molar-refractivity contribution in [3.8, 4) is 0 Å². The fourth-order valence-electron chi connectivity index (χ4n) is 1.31. The van der Waals surface area contributed by atoms with Crippen molar-refractivity contribution in [3.63, 3.8) is 0 Å². The largest absolute Gasteiger partial charge is 0.778 e. The van der Waals surface area contributed by atoms with Gasteiger partial charge in [-0.15, -0.1) is 0 Å². The van der Waals surface area contributed by atoms with Crippen molar-refractivity contribution >= 4 is 7.60 Å². The third kappa shape index (κ3) is 2.80. The van der Waals surface area contributed by atoms with Gasteiger partial charge in [0.1, 0.15) is 7.60 Å². The Morgan fingerprint density at radius 1 is 1.69 bits per heavy atom. The SMILES string of the molecule is COP(=O)([O-])CC1=C[C@@H](C)C(C)=C1. The average Bonchev–Trinajstić information content (AvgIpc) is 2.30. The Hall–Kier alpha value is -0.370. The monoisotopic (exact) mass is 201 g/mol. The first-order valence-electron chi connectivity index (χ1n) is 4.19. The summed E-state index contributed by atoms with van der Waals surface area (Å²) in [7, 11) is -2.44. The molecule has 13 heavy (non-hydrogen) atoms. The molecule has 0 heterocycles. The molecular weight excluding hydrogens is 187 g/mol. The van der Waals surface area contributed by atoms with E-state index in [0.717, 1.165) is 5.57 Å². The third-order valence-electron chi connectivity index (χ3n) is 2.25. The topological polar surface area (TPSA) is 49.4 Å². The molecule has 0 aromatic rings. The summed E-state index contributed by atoms with van der Waals surface area (Å²) in [4.78, 5) is 11.1. The molecule has 1 rings (SSSR count). The molecule has 4 heteroatoms. The van der Waals surface area contributed by atoms with Crippen molar-refractivity contribution < 1.29 is 14.0 Å². The van der Waals surface area contributed by atoms with Gasteiger partial charge in [-0.1, -0.05) is 24.6 Å². The number of rotatable bonds is 3. The lowest BCUT2D eigenvalue weighted by atomic mass is 10.1. The molecule has 0 saturated heterocycles.